The zero-order valence-corrected chi connectivity index (χ0v) is 14.4. The number of nitrogens with two attached hydrogens (primary N) is 1. The fraction of sp³-hybridized carbons (Fsp3) is 0.438. The van der Waals surface area contributed by atoms with Crippen LogP contribution < -0.4 is 11.1 Å². The summed E-state index contributed by atoms with van der Waals surface area (Å²) in [7, 11) is 2.48. The molecule has 1 aliphatic rings. The van der Waals surface area contributed by atoms with Gasteiger partial charge in [-0.15, -0.1) is 12.4 Å². The summed E-state index contributed by atoms with van der Waals surface area (Å²) in [5.41, 5.74) is 6.56. The normalized spacial score (nSPS) is 19.1. The molecule has 0 spiro atoms. The third-order valence-electron chi connectivity index (χ3n) is 3.95. The summed E-state index contributed by atoms with van der Waals surface area (Å²) in [5, 5.41) is 2.72. The van der Waals surface area contributed by atoms with Crippen LogP contribution >= 0.6 is 12.4 Å². The van der Waals surface area contributed by atoms with E-state index in [1.807, 2.05) is 0 Å². The highest BCUT2D eigenvalue weighted by molar-refractivity contribution is 6.00. The second-order valence-corrected chi connectivity index (χ2v) is 5.47. The van der Waals surface area contributed by atoms with Crippen molar-refractivity contribution in [2.45, 2.75) is 25.3 Å². The van der Waals surface area contributed by atoms with Gasteiger partial charge in [0.2, 0.25) is 5.91 Å². The van der Waals surface area contributed by atoms with Gasteiger partial charge in [-0.1, -0.05) is 6.42 Å². The maximum absolute atomic E-state index is 12.3. The molecule has 0 bridgehead atoms. The lowest BCUT2D eigenvalue weighted by Gasteiger charge is -2.16. The molecule has 1 aliphatic carbocycles. The third-order valence-corrected chi connectivity index (χ3v) is 3.95. The fourth-order valence-corrected chi connectivity index (χ4v) is 2.72. The maximum Gasteiger partial charge on any atom is 0.337 e. The Kier molecular flexibility index (Phi) is 7.18. The predicted octanol–water partition coefficient (Wildman–Crippen LogP) is 1.75. The number of esters is 2. The number of ether oxygens (including phenoxy) is 2. The average Bonchev–Trinajstić information content (AvgIpc) is 2.99. The summed E-state index contributed by atoms with van der Waals surface area (Å²) < 4.78 is 9.32. The fourth-order valence-electron chi connectivity index (χ4n) is 2.72. The number of methoxy groups -OCH3 is 2. The van der Waals surface area contributed by atoms with Crippen LogP contribution in [0.15, 0.2) is 18.2 Å². The van der Waals surface area contributed by atoms with Crippen LogP contribution in [0.5, 0.6) is 0 Å². The molecule has 8 heteroatoms. The molecule has 2 rings (SSSR count). The Bertz CT molecular complexity index is 601. The van der Waals surface area contributed by atoms with E-state index < -0.39 is 11.9 Å². The SMILES string of the molecule is COC(=O)c1cc(NC(=O)C2CCCC2N)cc(C(=O)OC)c1.Cl. The zero-order valence-electron chi connectivity index (χ0n) is 13.5. The van der Waals surface area contributed by atoms with Gasteiger partial charge in [-0.25, -0.2) is 9.59 Å². The topological polar surface area (TPSA) is 108 Å². The van der Waals surface area contributed by atoms with Crippen molar-refractivity contribution in [1.82, 2.24) is 0 Å². The first kappa shape index (κ1) is 19.9. The molecule has 0 radical (unpaired) electrons. The number of rotatable bonds is 4. The van der Waals surface area contributed by atoms with E-state index in [1.54, 1.807) is 0 Å². The highest BCUT2D eigenvalue weighted by atomic mass is 35.5. The van der Waals surface area contributed by atoms with Gasteiger partial charge in [-0.05, 0) is 31.0 Å². The maximum atomic E-state index is 12.3. The molecular weight excluding hydrogens is 336 g/mol. The van der Waals surface area contributed by atoms with E-state index in [4.69, 9.17) is 5.73 Å². The first-order valence-electron chi connectivity index (χ1n) is 7.34. The van der Waals surface area contributed by atoms with Crippen LogP contribution in [0.25, 0.3) is 0 Å². The van der Waals surface area contributed by atoms with Crippen molar-refractivity contribution in [3.8, 4) is 0 Å². The van der Waals surface area contributed by atoms with Gasteiger partial charge < -0.3 is 20.5 Å². The van der Waals surface area contributed by atoms with Gasteiger partial charge in [-0.3, -0.25) is 4.79 Å². The minimum atomic E-state index is -0.608. The number of halogens is 1. The van der Waals surface area contributed by atoms with E-state index in [2.05, 4.69) is 14.8 Å². The molecular formula is C16H21ClN2O5. The number of hydrogen-bond acceptors (Lipinski definition) is 6. The van der Waals surface area contributed by atoms with E-state index >= 15 is 0 Å². The van der Waals surface area contributed by atoms with Crippen LogP contribution in [0.4, 0.5) is 5.69 Å². The van der Waals surface area contributed by atoms with Gasteiger partial charge in [0.05, 0.1) is 31.3 Å². The van der Waals surface area contributed by atoms with Gasteiger partial charge in [0.1, 0.15) is 0 Å². The molecule has 0 saturated heterocycles. The number of hydrogen-bond donors (Lipinski definition) is 2. The van der Waals surface area contributed by atoms with Crippen molar-refractivity contribution in [2.75, 3.05) is 19.5 Å². The van der Waals surface area contributed by atoms with E-state index in [-0.39, 0.29) is 41.4 Å². The Balaban J connectivity index is 0.00000288. The van der Waals surface area contributed by atoms with Crippen molar-refractivity contribution >= 4 is 35.9 Å². The van der Waals surface area contributed by atoms with E-state index in [0.717, 1.165) is 19.3 Å². The van der Waals surface area contributed by atoms with E-state index in [9.17, 15) is 14.4 Å². The van der Waals surface area contributed by atoms with Crippen LogP contribution in [0.2, 0.25) is 0 Å². The Morgan fingerprint density at radius 3 is 2.00 bits per heavy atom. The van der Waals surface area contributed by atoms with Crippen molar-refractivity contribution in [3.05, 3.63) is 29.3 Å². The molecule has 0 aliphatic heterocycles. The lowest BCUT2D eigenvalue weighted by Crippen LogP contribution is -2.34. The van der Waals surface area contributed by atoms with E-state index in [1.165, 1.54) is 32.4 Å². The van der Waals surface area contributed by atoms with Crippen LogP contribution in [-0.4, -0.2) is 38.1 Å². The van der Waals surface area contributed by atoms with Crippen LogP contribution in [0.3, 0.4) is 0 Å². The molecule has 1 aromatic rings. The minimum Gasteiger partial charge on any atom is -0.465 e. The summed E-state index contributed by atoms with van der Waals surface area (Å²) in [5.74, 6) is -1.70. The van der Waals surface area contributed by atoms with E-state index in [0.29, 0.717) is 5.69 Å². The molecule has 2 atom stereocenters. The molecule has 3 N–H and O–H groups in total. The summed E-state index contributed by atoms with van der Waals surface area (Å²) in [4.78, 5) is 35.7. The van der Waals surface area contributed by atoms with Gasteiger partial charge in [0.15, 0.2) is 0 Å². The number of anilines is 1. The Hall–Kier alpha value is -2.12. The molecule has 2 unspecified atom stereocenters. The number of nitrogens with one attached hydrogen (secondary N) is 1. The molecule has 24 heavy (non-hydrogen) atoms. The Labute approximate surface area is 146 Å². The molecule has 1 saturated carbocycles. The quantitative estimate of drug-likeness (QED) is 0.796. The smallest absolute Gasteiger partial charge is 0.337 e. The van der Waals surface area contributed by atoms with Gasteiger partial charge in [0.25, 0.3) is 0 Å². The number of carbonyl (C=O) groups excluding carboxylic acids is 3. The minimum absolute atomic E-state index is 0. The second-order valence-electron chi connectivity index (χ2n) is 5.47. The van der Waals surface area contributed by atoms with Crippen LogP contribution in [0, 0.1) is 5.92 Å². The standard InChI is InChI=1S/C16H20N2O5.ClH/c1-22-15(20)9-6-10(16(21)23-2)8-11(7-9)18-14(19)12-4-3-5-13(12)17;/h6-8,12-13H,3-5,17H2,1-2H3,(H,18,19);1H. The highest BCUT2D eigenvalue weighted by Gasteiger charge is 2.30. The summed E-state index contributed by atoms with van der Waals surface area (Å²) in [6.45, 7) is 0. The molecule has 1 aromatic carbocycles. The van der Waals surface area contributed by atoms with Gasteiger partial charge in [0, 0.05) is 11.7 Å². The summed E-state index contributed by atoms with van der Waals surface area (Å²) in [6.07, 6.45) is 2.45. The number of benzene rings is 1. The first-order chi connectivity index (χ1) is 11.0. The van der Waals surface area contributed by atoms with Crippen molar-refractivity contribution in [2.24, 2.45) is 11.7 Å². The summed E-state index contributed by atoms with van der Waals surface area (Å²) >= 11 is 0. The molecule has 7 nitrogen and oxygen atoms in total. The lowest BCUT2D eigenvalue weighted by atomic mass is 10.0. The molecule has 1 amide bonds. The van der Waals surface area contributed by atoms with Gasteiger partial charge >= 0.3 is 11.9 Å². The molecule has 1 fully saturated rings. The zero-order chi connectivity index (χ0) is 17.0. The third kappa shape index (κ3) is 4.46. The van der Waals surface area contributed by atoms with Crippen LogP contribution in [-0.2, 0) is 14.3 Å². The predicted molar refractivity (Wildman–Crippen MR) is 90.3 cm³/mol. The molecule has 0 heterocycles. The highest BCUT2D eigenvalue weighted by Crippen LogP contribution is 2.26. The van der Waals surface area contributed by atoms with Crippen molar-refractivity contribution in [1.29, 1.82) is 0 Å². The number of carbonyl (C=O) groups is 3. The van der Waals surface area contributed by atoms with Crippen molar-refractivity contribution < 1.29 is 23.9 Å². The Morgan fingerprint density at radius 1 is 1.04 bits per heavy atom. The first-order valence-corrected chi connectivity index (χ1v) is 7.34. The molecule has 132 valence electrons. The second kappa shape index (κ2) is 8.65. The Morgan fingerprint density at radius 2 is 1.58 bits per heavy atom. The average molecular weight is 357 g/mol. The number of amides is 1. The lowest BCUT2D eigenvalue weighted by molar-refractivity contribution is -0.120. The van der Waals surface area contributed by atoms with Crippen molar-refractivity contribution in [3.63, 3.8) is 0 Å². The monoisotopic (exact) mass is 356 g/mol. The van der Waals surface area contributed by atoms with Crippen LogP contribution in [0.1, 0.15) is 40.0 Å². The summed E-state index contributed by atoms with van der Waals surface area (Å²) in [6, 6.07) is 4.10. The molecule has 0 aromatic heterocycles. The largest absolute Gasteiger partial charge is 0.465 e. The van der Waals surface area contributed by atoms with Gasteiger partial charge in [-0.2, -0.15) is 0 Å².